The average Bonchev–Trinajstić information content (AvgIpc) is 3.29. The van der Waals surface area contributed by atoms with Crippen molar-refractivity contribution >= 4 is 5.91 Å². The van der Waals surface area contributed by atoms with Crippen LogP contribution in [-0.4, -0.2) is 56.5 Å². The molecule has 3 N–H and O–H groups in total. The van der Waals surface area contributed by atoms with Crippen LogP contribution < -0.4 is 16.0 Å². The van der Waals surface area contributed by atoms with Crippen molar-refractivity contribution in [2.75, 3.05) is 33.4 Å². The maximum atomic E-state index is 11.4. The molecular formula is C19H28N4O3. The lowest BCUT2D eigenvalue weighted by Crippen LogP contribution is -2.55. The molecule has 1 aromatic heterocycles. The summed E-state index contributed by atoms with van der Waals surface area (Å²) in [5.74, 6) is 0.801. The van der Waals surface area contributed by atoms with Gasteiger partial charge in [0, 0.05) is 57.8 Å². The minimum atomic E-state index is -0.422. The van der Waals surface area contributed by atoms with Crippen LogP contribution >= 0.6 is 0 Å². The summed E-state index contributed by atoms with van der Waals surface area (Å²) in [5, 5.41) is 10.0. The number of fused-ring (bicyclic) bond motifs is 1. The van der Waals surface area contributed by atoms with Gasteiger partial charge in [-0.25, -0.2) is 0 Å². The van der Waals surface area contributed by atoms with Gasteiger partial charge in [-0.05, 0) is 24.5 Å². The molecule has 26 heavy (non-hydrogen) atoms. The fraction of sp³-hybridized carbons (Fsp3) is 0.684. The van der Waals surface area contributed by atoms with E-state index in [1.165, 1.54) is 0 Å². The monoisotopic (exact) mass is 360 g/mol. The maximum absolute atomic E-state index is 11.4. The van der Waals surface area contributed by atoms with Crippen molar-refractivity contribution in [1.82, 2.24) is 20.9 Å². The van der Waals surface area contributed by atoms with Crippen LogP contribution in [0.2, 0.25) is 0 Å². The number of amides is 1. The van der Waals surface area contributed by atoms with Gasteiger partial charge in [0.05, 0.1) is 18.5 Å². The van der Waals surface area contributed by atoms with Gasteiger partial charge >= 0.3 is 0 Å². The van der Waals surface area contributed by atoms with E-state index in [9.17, 15) is 4.79 Å². The third kappa shape index (κ3) is 3.24. The van der Waals surface area contributed by atoms with Crippen molar-refractivity contribution in [3.8, 4) is 0 Å². The van der Waals surface area contributed by atoms with Crippen LogP contribution in [0.4, 0.5) is 0 Å². The van der Waals surface area contributed by atoms with E-state index in [1.54, 1.807) is 14.0 Å². The zero-order valence-electron chi connectivity index (χ0n) is 15.5. The number of nitrogens with one attached hydrogen (secondary N) is 3. The molecule has 0 saturated carbocycles. The summed E-state index contributed by atoms with van der Waals surface area (Å²) >= 11 is 0. The zero-order valence-corrected chi connectivity index (χ0v) is 15.5. The molecule has 1 amide bonds. The summed E-state index contributed by atoms with van der Waals surface area (Å²) in [6, 6.07) is 6.66. The molecule has 7 heteroatoms. The van der Waals surface area contributed by atoms with E-state index in [0.717, 1.165) is 37.3 Å². The fourth-order valence-electron chi connectivity index (χ4n) is 4.64. The first-order valence-corrected chi connectivity index (χ1v) is 9.45. The number of ether oxygens (including phenoxy) is 2. The highest BCUT2D eigenvalue weighted by atomic mass is 16.5. The first kappa shape index (κ1) is 17.9. The summed E-state index contributed by atoms with van der Waals surface area (Å²) in [6.07, 6.45) is 1.78. The first-order chi connectivity index (χ1) is 12.6. The molecule has 142 valence electrons. The topological polar surface area (TPSA) is 84.5 Å². The molecule has 0 spiro atoms. The van der Waals surface area contributed by atoms with E-state index < -0.39 is 5.60 Å². The number of methoxy groups -OCH3 is 1. The zero-order chi connectivity index (χ0) is 18.1. The fourth-order valence-corrected chi connectivity index (χ4v) is 4.64. The molecule has 3 saturated heterocycles. The highest BCUT2D eigenvalue weighted by Gasteiger charge is 2.43. The summed E-state index contributed by atoms with van der Waals surface area (Å²) in [5.41, 5.74) is 1.65. The Morgan fingerprint density at radius 1 is 1.38 bits per heavy atom. The van der Waals surface area contributed by atoms with Crippen LogP contribution in [0.5, 0.6) is 0 Å². The van der Waals surface area contributed by atoms with E-state index in [-0.39, 0.29) is 12.1 Å². The van der Waals surface area contributed by atoms with Gasteiger partial charge < -0.3 is 20.1 Å². The maximum Gasteiger partial charge on any atom is 0.218 e. The predicted molar refractivity (Wildman–Crippen MR) is 96.6 cm³/mol. The van der Waals surface area contributed by atoms with Crippen molar-refractivity contribution < 1.29 is 14.3 Å². The van der Waals surface area contributed by atoms with Crippen molar-refractivity contribution in [2.24, 2.45) is 5.92 Å². The lowest BCUT2D eigenvalue weighted by Gasteiger charge is -2.35. The Kier molecular flexibility index (Phi) is 4.96. The van der Waals surface area contributed by atoms with Gasteiger partial charge in [-0.3, -0.25) is 15.1 Å². The Balaban J connectivity index is 1.55. The van der Waals surface area contributed by atoms with E-state index in [4.69, 9.17) is 14.5 Å². The van der Waals surface area contributed by atoms with Crippen LogP contribution in [0.15, 0.2) is 18.2 Å². The van der Waals surface area contributed by atoms with Crippen LogP contribution in [0, 0.1) is 5.92 Å². The highest BCUT2D eigenvalue weighted by molar-refractivity contribution is 5.73. The number of hydrogen-bond donors (Lipinski definition) is 3. The van der Waals surface area contributed by atoms with E-state index in [1.807, 2.05) is 6.07 Å². The molecule has 4 heterocycles. The number of nitrogens with zero attached hydrogens (tertiary/aromatic N) is 1. The van der Waals surface area contributed by atoms with Crippen LogP contribution in [0.3, 0.4) is 0 Å². The van der Waals surface area contributed by atoms with Crippen molar-refractivity contribution in [2.45, 2.75) is 43.5 Å². The second kappa shape index (κ2) is 7.23. The van der Waals surface area contributed by atoms with E-state index >= 15 is 0 Å². The molecule has 5 atom stereocenters. The predicted octanol–water partition coefficient (Wildman–Crippen LogP) is 0.471. The molecule has 0 aliphatic carbocycles. The number of hydrogen-bond acceptors (Lipinski definition) is 6. The second-order valence-electron chi connectivity index (χ2n) is 7.63. The first-order valence-electron chi connectivity index (χ1n) is 9.45. The molecule has 3 fully saturated rings. The molecule has 0 radical (unpaired) electrons. The lowest BCUT2D eigenvalue weighted by atomic mass is 9.82. The Morgan fingerprint density at radius 2 is 2.27 bits per heavy atom. The lowest BCUT2D eigenvalue weighted by molar-refractivity contribution is -0.120. The SMILES string of the molecule is COC1(c2cccc(C3CNC4CNC(NC(C)=O)CC43)n2)CCOC1. The van der Waals surface area contributed by atoms with Crippen LogP contribution in [0.25, 0.3) is 0 Å². The second-order valence-corrected chi connectivity index (χ2v) is 7.63. The molecule has 0 bridgehead atoms. The summed E-state index contributed by atoms with van der Waals surface area (Å²) in [4.78, 5) is 16.4. The quantitative estimate of drug-likeness (QED) is 0.724. The largest absolute Gasteiger partial charge is 0.378 e. The van der Waals surface area contributed by atoms with Crippen molar-refractivity contribution in [3.05, 3.63) is 29.6 Å². The van der Waals surface area contributed by atoms with Gasteiger partial charge in [-0.15, -0.1) is 0 Å². The van der Waals surface area contributed by atoms with Crippen LogP contribution in [0.1, 0.15) is 37.1 Å². The van der Waals surface area contributed by atoms with E-state index in [2.05, 4.69) is 28.1 Å². The third-order valence-electron chi connectivity index (χ3n) is 6.10. The molecular weight excluding hydrogens is 332 g/mol. The molecule has 3 aliphatic rings. The molecule has 7 nitrogen and oxygen atoms in total. The minimum Gasteiger partial charge on any atom is -0.378 e. The highest BCUT2D eigenvalue weighted by Crippen LogP contribution is 2.38. The van der Waals surface area contributed by atoms with Gasteiger partial charge in [0.1, 0.15) is 5.60 Å². The Bertz CT molecular complexity index is 662. The van der Waals surface area contributed by atoms with Crippen molar-refractivity contribution in [1.29, 1.82) is 0 Å². The minimum absolute atomic E-state index is 0.00634. The number of rotatable bonds is 4. The number of pyridine rings is 1. The Hall–Kier alpha value is -1.54. The van der Waals surface area contributed by atoms with Gasteiger partial charge in [0.25, 0.3) is 0 Å². The molecule has 0 aromatic carbocycles. The molecule has 4 rings (SSSR count). The number of aromatic nitrogens is 1. The standard InChI is InChI=1S/C19H28N4O3/c1-12(24)22-18-8-13-14(9-20-16(13)10-21-18)15-4-3-5-17(23-15)19(25-2)6-7-26-11-19/h3-5,13-14,16,18,20-21H,6-11H2,1-2H3,(H,22,24). The van der Waals surface area contributed by atoms with E-state index in [0.29, 0.717) is 31.1 Å². The molecule has 3 aliphatic heterocycles. The normalized spacial score (nSPS) is 36.7. The third-order valence-corrected chi connectivity index (χ3v) is 6.10. The van der Waals surface area contributed by atoms with Gasteiger partial charge in [-0.2, -0.15) is 0 Å². The average molecular weight is 360 g/mol. The summed E-state index contributed by atoms with van der Waals surface area (Å²) < 4.78 is 11.4. The van der Waals surface area contributed by atoms with Gasteiger partial charge in [0.15, 0.2) is 0 Å². The Labute approximate surface area is 154 Å². The number of piperidine rings is 1. The van der Waals surface area contributed by atoms with Crippen molar-refractivity contribution in [3.63, 3.8) is 0 Å². The molecule has 5 unspecified atom stereocenters. The van der Waals surface area contributed by atoms with Gasteiger partial charge in [-0.1, -0.05) is 6.07 Å². The van der Waals surface area contributed by atoms with Crippen LogP contribution in [-0.2, 0) is 19.9 Å². The number of carbonyl (C=O) groups is 1. The smallest absolute Gasteiger partial charge is 0.218 e. The summed E-state index contributed by atoms with van der Waals surface area (Å²) in [7, 11) is 1.74. The summed E-state index contributed by atoms with van der Waals surface area (Å²) in [6.45, 7) is 4.61. The Morgan fingerprint density at radius 3 is 3.00 bits per heavy atom. The molecule has 1 aromatic rings. The number of carbonyl (C=O) groups excluding carboxylic acids is 1. The van der Waals surface area contributed by atoms with Gasteiger partial charge in [0.2, 0.25) is 5.91 Å².